The van der Waals surface area contributed by atoms with Gasteiger partial charge in [0.1, 0.15) is 6.79 Å². The van der Waals surface area contributed by atoms with Crippen LogP contribution in [0.15, 0.2) is 59.5 Å². The zero-order chi connectivity index (χ0) is 27.7. The van der Waals surface area contributed by atoms with E-state index in [1.54, 1.807) is 12.1 Å². The maximum absolute atomic E-state index is 13.7. The van der Waals surface area contributed by atoms with Crippen LogP contribution in [0, 0.1) is 6.92 Å². The number of amides is 1. The Balaban J connectivity index is 1.53. The summed E-state index contributed by atoms with van der Waals surface area (Å²) in [4.78, 5) is 18.9. The fourth-order valence-electron chi connectivity index (χ4n) is 4.66. The minimum Gasteiger partial charge on any atom is -0.441 e. The van der Waals surface area contributed by atoms with Crippen LogP contribution in [-0.2, 0) is 35.5 Å². The maximum Gasteiger partial charge on any atom is 0.407 e. The van der Waals surface area contributed by atoms with Gasteiger partial charge in [0.15, 0.2) is 6.10 Å². The molecule has 4 rings (SSSR count). The fourth-order valence-corrected chi connectivity index (χ4v) is 5.96. The van der Waals surface area contributed by atoms with Gasteiger partial charge in [-0.3, -0.25) is 4.84 Å². The molecule has 39 heavy (non-hydrogen) atoms. The van der Waals surface area contributed by atoms with Crippen LogP contribution >= 0.6 is 0 Å². The number of aliphatic hydroxyl groups is 1. The van der Waals surface area contributed by atoms with Gasteiger partial charge >= 0.3 is 6.09 Å². The van der Waals surface area contributed by atoms with E-state index in [0.717, 1.165) is 47.7 Å². The zero-order valence-electron chi connectivity index (χ0n) is 22.2. The van der Waals surface area contributed by atoms with Gasteiger partial charge in [0.05, 0.1) is 42.9 Å². The van der Waals surface area contributed by atoms with E-state index in [4.69, 9.17) is 19.0 Å². The first-order chi connectivity index (χ1) is 18.8. The molecule has 2 aromatic carbocycles. The van der Waals surface area contributed by atoms with Crippen molar-refractivity contribution in [2.45, 2.75) is 74.7 Å². The molecule has 0 spiro atoms. The van der Waals surface area contributed by atoms with Crippen molar-refractivity contribution in [3.8, 4) is 0 Å². The summed E-state index contributed by atoms with van der Waals surface area (Å²) < 4.78 is 44.0. The number of hydrogen-bond donors (Lipinski definition) is 2. The Morgan fingerprint density at radius 1 is 1.03 bits per heavy atom. The number of benzene rings is 2. The van der Waals surface area contributed by atoms with Crippen LogP contribution in [-0.4, -0.2) is 75.0 Å². The van der Waals surface area contributed by atoms with Crippen LogP contribution in [0.4, 0.5) is 4.79 Å². The van der Waals surface area contributed by atoms with Gasteiger partial charge in [0, 0.05) is 0 Å². The third-order valence-corrected chi connectivity index (χ3v) is 8.50. The Morgan fingerprint density at radius 2 is 1.69 bits per heavy atom. The van der Waals surface area contributed by atoms with Gasteiger partial charge < -0.3 is 24.6 Å². The van der Waals surface area contributed by atoms with Gasteiger partial charge in [-0.2, -0.15) is 0 Å². The first kappa shape index (κ1) is 29.4. The predicted molar refractivity (Wildman–Crippen MR) is 143 cm³/mol. The second-order valence-corrected chi connectivity index (χ2v) is 11.9. The molecule has 2 aliphatic rings. The number of nitrogens with zero attached hydrogens (tertiary/aromatic N) is 1. The summed E-state index contributed by atoms with van der Waals surface area (Å²) in [5.41, 5.74) is 1.78. The fraction of sp³-hybridized carbons (Fsp3) is 0.536. The maximum atomic E-state index is 13.7. The highest BCUT2D eigenvalue weighted by Crippen LogP contribution is 2.25. The third-order valence-electron chi connectivity index (χ3n) is 6.86. The molecule has 11 heteroatoms. The lowest BCUT2D eigenvalue weighted by Gasteiger charge is -2.32. The largest absolute Gasteiger partial charge is 0.441 e. The SMILES string of the molecule is Cc1ccc(S(=O)(=O)N(C[C@@H](O)[C@H](Cc2ccccc2)NC(=O)OC2COCOC2)OC2CCCCC2)cc1. The van der Waals surface area contributed by atoms with Crippen LogP contribution in [0.3, 0.4) is 0 Å². The molecular formula is C28H38N2O8S. The quantitative estimate of drug-likeness (QED) is 0.400. The Kier molecular flexibility index (Phi) is 10.7. The molecule has 10 nitrogen and oxygen atoms in total. The second kappa shape index (κ2) is 14.2. The number of rotatable bonds is 11. The lowest BCUT2D eigenvalue weighted by atomic mass is 9.98. The van der Waals surface area contributed by atoms with Crippen LogP contribution in [0.1, 0.15) is 43.2 Å². The summed E-state index contributed by atoms with van der Waals surface area (Å²) in [6.07, 6.45) is 1.78. The summed E-state index contributed by atoms with van der Waals surface area (Å²) in [7, 11) is -4.10. The standard InChI is InChI=1S/C28H38N2O8S/c1-21-12-14-25(15-13-21)39(33,34)30(38-23-10-6-3-7-11-23)17-27(31)26(16-22-8-4-2-5-9-22)29-28(32)37-24-18-35-20-36-19-24/h2,4-5,8-9,12-15,23-24,26-27,31H,3,6-7,10-11,16-20H2,1H3,(H,29,32)/t26-,27+/m0/s1. The summed E-state index contributed by atoms with van der Waals surface area (Å²) >= 11 is 0. The van der Waals surface area contributed by atoms with Gasteiger partial charge in [0.25, 0.3) is 10.0 Å². The second-order valence-electron chi connectivity index (χ2n) is 10.1. The van der Waals surface area contributed by atoms with E-state index < -0.39 is 34.4 Å². The molecule has 2 N–H and O–H groups in total. The van der Waals surface area contributed by atoms with Crippen molar-refractivity contribution >= 4 is 16.1 Å². The van der Waals surface area contributed by atoms with E-state index in [1.165, 1.54) is 12.1 Å². The van der Waals surface area contributed by atoms with Crippen molar-refractivity contribution in [3.63, 3.8) is 0 Å². The molecule has 0 bridgehead atoms. The van der Waals surface area contributed by atoms with E-state index >= 15 is 0 Å². The lowest BCUT2D eigenvalue weighted by Crippen LogP contribution is -2.52. The number of hydroxylamine groups is 1. The number of carbonyl (C=O) groups is 1. The van der Waals surface area contributed by atoms with Crippen LogP contribution in [0.5, 0.6) is 0 Å². The number of sulfonamides is 1. The zero-order valence-corrected chi connectivity index (χ0v) is 23.1. The molecule has 0 aromatic heterocycles. The molecule has 2 aromatic rings. The molecule has 0 unspecified atom stereocenters. The number of hydrogen-bond acceptors (Lipinski definition) is 8. The molecule has 1 amide bonds. The highest BCUT2D eigenvalue weighted by atomic mass is 32.2. The van der Waals surface area contributed by atoms with Crippen LogP contribution < -0.4 is 5.32 Å². The summed E-state index contributed by atoms with van der Waals surface area (Å²) in [6, 6.07) is 14.9. The highest BCUT2D eigenvalue weighted by Gasteiger charge is 2.34. The van der Waals surface area contributed by atoms with Crippen LogP contribution in [0.25, 0.3) is 0 Å². The Morgan fingerprint density at radius 3 is 2.36 bits per heavy atom. The first-order valence-corrected chi connectivity index (χ1v) is 14.9. The van der Waals surface area contributed by atoms with Gasteiger partial charge in [-0.1, -0.05) is 71.8 Å². The normalized spacial score (nSPS) is 18.9. The monoisotopic (exact) mass is 562 g/mol. The third kappa shape index (κ3) is 8.72. The number of aliphatic hydroxyl groups excluding tert-OH is 1. The topological polar surface area (TPSA) is 124 Å². The molecule has 1 aliphatic heterocycles. The summed E-state index contributed by atoms with van der Waals surface area (Å²) in [6.45, 7) is 2.05. The summed E-state index contributed by atoms with van der Waals surface area (Å²) in [5.74, 6) is 0. The van der Waals surface area contributed by atoms with E-state index in [0.29, 0.717) is 0 Å². The van der Waals surface area contributed by atoms with Crippen molar-refractivity contribution in [1.29, 1.82) is 0 Å². The molecule has 1 saturated heterocycles. The predicted octanol–water partition coefficient (Wildman–Crippen LogP) is 3.32. The van der Waals surface area contributed by atoms with Crippen molar-refractivity contribution in [3.05, 3.63) is 65.7 Å². The minimum absolute atomic E-state index is 0.0698. The molecule has 0 radical (unpaired) electrons. The Bertz CT molecular complexity index is 1130. The molecule has 2 atom stereocenters. The molecular weight excluding hydrogens is 524 g/mol. The summed E-state index contributed by atoms with van der Waals surface area (Å²) in [5, 5.41) is 14.1. The average Bonchev–Trinajstić information content (AvgIpc) is 2.94. The molecule has 2 fully saturated rings. The van der Waals surface area contributed by atoms with Crippen molar-refractivity contribution < 1.29 is 37.4 Å². The average molecular weight is 563 g/mol. The van der Waals surface area contributed by atoms with Crippen molar-refractivity contribution in [1.82, 2.24) is 9.79 Å². The lowest BCUT2D eigenvalue weighted by molar-refractivity contribution is -0.157. The van der Waals surface area contributed by atoms with Crippen molar-refractivity contribution in [2.75, 3.05) is 26.6 Å². The number of nitrogens with one attached hydrogen (secondary N) is 1. The van der Waals surface area contributed by atoms with Gasteiger partial charge in [-0.05, 0) is 43.9 Å². The van der Waals surface area contributed by atoms with Gasteiger partial charge in [0.2, 0.25) is 0 Å². The molecule has 1 aliphatic carbocycles. The van der Waals surface area contributed by atoms with E-state index in [1.807, 2.05) is 37.3 Å². The molecule has 1 saturated carbocycles. The minimum atomic E-state index is -4.10. The van der Waals surface area contributed by atoms with E-state index in [9.17, 15) is 18.3 Å². The number of carbonyl (C=O) groups excluding carboxylic acids is 1. The Hall–Kier alpha value is -2.54. The number of aryl methyl sites for hydroxylation is 1. The highest BCUT2D eigenvalue weighted by molar-refractivity contribution is 7.89. The van der Waals surface area contributed by atoms with Gasteiger partial charge in [-0.15, -0.1) is 0 Å². The Labute approximate surface area is 230 Å². The number of ether oxygens (including phenoxy) is 3. The van der Waals surface area contributed by atoms with E-state index in [-0.39, 0.29) is 44.0 Å². The van der Waals surface area contributed by atoms with Crippen molar-refractivity contribution in [2.24, 2.45) is 0 Å². The van der Waals surface area contributed by atoms with Gasteiger partial charge in [-0.25, -0.2) is 13.2 Å². The smallest absolute Gasteiger partial charge is 0.407 e. The molecule has 1 heterocycles. The van der Waals surface area contributed by atoms with Crippen LogP contribution in [0.2, 0.25) is 0 Å². The van der Waals surface area contributed by atoms with E-state index in [2.05, 4.69) is 5.32 Å². The molecule has 214 valence electrons. The first-order valence-electron chi connectivity index (χ1n) is 13.4. The number of alkyl carbamates (subject to hydrolysis) is 1.